The van der Waals surface area contributed by atoms with Crippen molar-refractivity contribution in [2.24, 2.45) is 4.99 Å². The highest BCUT2D eigenvalue weighted by atomic mass is 127. The van der Waals surface area contributed by atoms with E-state index in [2.05, 4.69) is 53.2 Å². The molecule has 0 aliphatic rings. The maximum atomic E-state index is 5.94. The van der Waals surface area contributed by atoms with Crippen molar-refractivity contribution >= 4 is 29.9 Å². The summed E-state index contributed by atoms with van der Waals surface area (Å²) in [5.41, 5.74) is 2.12. The number of pyridine rings is 1. The van der Waals surface area contributed by atoms with Crippen LogP contribution in [0.1, 0.15) is 38.8 Å². The van der Waals surface area contributed by atoms with Gasteiger partial charge in [-0.1, -0.05) is 36.4 Å². The molecule has 1 aromatic heterocycles. The van der Waals surface area contributed by atoms with Crippen molar-refractivity contribution in [3.05, 3.63) is 59.8 Å². The summed E-state index contributed by atoms with van der Waals surface area (Å²) >= 11 is 0. The van der Waals surface area contributed by atoms with Crippen LogP contribution in [0.3, 0.4) is 0 Å². The highest BCUT2D eigenvalue weighted by Gasteiger charge is 2.13. The number of hydrogen-bond donors (Lipinski definition) is 2. The summed E-state index contributed by atoms with van der Waals surface area (Å²) in [5.74, 6) is 1.42. The summed E-state index contributed by atoms with van der Waals surface area (Å²) in [6, 6.07) is 15.1. The predicted octanol–water partition coefficient (Wildman–Crippen LogP) is 4.06. The highest BCUT2D eigenvalue weighted by molar-refractivity contribution is 14.0. The molecule has 0 atom stereocenters. The van der Waals surface area contributed by atoms with Crippen LogP contribution in [0.25, 0.3) is 0 Å². The Hall–Kier alpha value is -1.87. The smallest absolute Gasteiger partial charge is 0.218 e. The van der Waals surface area contributed by atoms with Crippen molar-refractivity contribution in [2.45, 2.75) is 52.9 Å². The van der Waals surface area contributed by atoms with E-state index in [4.69, 9.17) is 4.74 Å². The number of hydrogen-bond acceptors (Lipinski definition) is 4. The molecule has 0 saturated carbocycles. The van der Waals surface area contributed by atoms with Gasteiger partial charge in [0, 0.05) is 50.5 Å². The van der Waals surface area contributed by atoms with Crippen LogP contribution in [0.15, 0.2) is 53.7 Å². The Morgan fingerprint density at radius 3 is 2.37 bits per heavy atom. The van der Waals surface area contributed by atoms with E-state index >= 15 is 0 Å². The molecule has 1 heterocycles. The Morgan fingerprint density at radius 1 is 1.03 bits per heavy atom. The average molecular weight is 525 g/mol. The summed E-state index contributed by atoms with van der Waals surface area (Å²) in [6.07, 6.45) is 1.75. The van der Waals surface area contributed by atoms with Gasteiger partial charge >= 0.3 is 0 Å². The number of ether oxygens (including phenoxy) is 1. The van der Waals surface area contributed by atoms with Crippen molar-refractivity contribution in [3.8, 4) is 5.88 Å². The monoisotopic (exact) mass is 525 g/mol. The summed E-state index contributed by atoms with van der Waals surface area (Å²) in [6.45, 7) is 11.8. The number of benzene rings is 1. The van der Waals surface area contributed by atoms with Crippen LogP contribution in [-0.2, 0) is 13.2 Å². The normalized spacial score (nSPS) is 11.5. The number of nitrogens with zero attached hydrogens (tertiary/aromatic N) is 3. The van der Waals surface area contributed by atoms with E-state index in [9.17, 15) is 0 Å². The molecule has 166 valence electrons. The van der Waals surface area contributed by atoms with Crippen LogP contribution in [0.2, 0.25) is 0 Å². The van der Waals surface area contributed by atoms with Gasteiger partial charge < -0.3 is 15.4 Å². The van der Waals surface area contributed by atoms with Crippen LogP contribution in [-0.4, -0.2) is 48.1 Å². The topological polar surface area (TPSA) is 61.8 Å². The molecule has 2 rings (SSSR count). The molecule has 0 radical (unpaired) electrons. The maximum absolute atomic E-state index is 5.94. The third-order valence-corrected chi connectivity index (χ3v) is 4.73. The summed E-state index contributed by atoms with van der Waals surface area (Å²) in [7, 11) is 1.79. The Labute approximate surface area is 198 Å². The number of halogens is 1. The molecular weight excluding hydrogens is 489 g/mol. The molecule has 7 heteroatoms. The Morgan fingerprint density at radius 2 is 1.73 bits per heavy atom. The van der Waals surface area contributed by atoms with Gasteiger partial charge in [0.05, 0.1) is 0 Å². The van der Waals surface area contributed by atoms with Gasteiger partial charge in [-0.3, -0.25) is 9.89 Å². The van der Waals surface area contributed by atoms with Crippen LogP contribution >= 0.6 is 24.0 Å². The van der Waals surface area contributed by atoms with Crippen LogP contribution in [0.5, 0.6) is 5.88 Å². The van der Waals surface area contributed by atoms with Crippen LogP contribution in [0, 0.1) is 0 Å². The van der Waals surface area contributed by atoms with Gasteiger partial charge in [0.15, 0.2) is 5.96 Å². The van der Waals surface area contributed by atoms with Gasteiger partial charge in [0.1, 0.15) is 6.61 Å². The summed E-state index contributed by atoms with van der Waals surface area (Å²) in [4.78, 5) is 11.2. The second kappa shape index (κ2) is 14.2. The summed E-state index contributed by atoms with van der Waals surface area (Å²) in [5, 5.41) is 6.75. The van der Waals surface area contributed by atoms with Gasteiger partial charge in [0.2, 0.25) is 5.88 Å². The number of aromatic nitrogens is 1. The van der Waals surface area contributed by atoms with Crippen molar-refractivity contribution < 1.29 is 4.74 Å². The second-order valence-corrected chi connectivity index (χ2v) is 7.52. The van der Waals surface area contributed by atoms with Crippen molar-refractivity contribution in [2.75, 3.05) is 20.1 Å². The van der Waals surface area contributed by atoms with Crippen molar-refractivity contribution in [1.82, 2.24) is 20.5 Å². The maximum Gasteiger partial charge on any atom is 0.218 e. The standard InChI is InChI=1S/C23H35N5O.HI/c1-18(2)28(19(3)4)15-14-26-23(24-5)27-16-21-12-9-13-25-22(21)29-17-20-10-7-6-8-11-20;/h6-13,18-19H,14-17H2,1-5H3,(H2,24,26,27);1H. The van der Waals surface area contributed by atoms with Gasteiger partial charge in [-0.05, 0) is 39.3 Å². The molecule has 0 saturated heterocycles. The van der Waals surface area contributed by atoms with E-state index in [1.54, 1.807) is 13.2 Å². The van der Waals surface area contributed by atoms with Gasteiger partial charge in [-0.2, -0.15) is 0 Å². The zero-order valence-corrected chi connectivity index (χ0v) is 21.1. The Bertz CT molecular complexity index is 744. The fourth-order valence-corrected chi connectivity index (χ4v) is 3.23. The molecule has 0 unspecified atom stereocenters. The molecule has 2 aromatic rings. The largest absolute Gasteiger partial charge is 0.473 e. The third kappa shape index (κ3) is 8.87. The first-order valence-electron chi connectivity index (χ1n) is 10.3. The van der Waals surface area contributed by atoms with Gasteiger partial charge in [0.25, 0.3) is 0 Å². The average Bonchev–Trinajstić information content (AvgIpc) is 2.72. The lowest BCUT2D eigenvalue weighted by molar-refractivity contribution is 0.178. The zero-order valence-electron chi connectivity index (χ0n) is 18.8. The molecule has 2 N–H and O–H groups in total. The lowest BCUT2D eigenvalue weighted by Gasteiger charge is -2.30. The first kappa shape index (κ1) is 26.2. The predicted molar refractivity (Wildman–Crippen MR) is 136 cm³/mol. The molecular formula is C23H36IN5O. The summed E-state index contributed by atoms with van der Waals surface area (Å²) < 4.78 is 5.94. The van der Waals surface area contributed by atoms with Crippen LogP contribution in [0.4, 0.5) is 0 Å². The minimum absolute atomic E-state index is 0. The van der Waals surface area contributed by atoms with Gasteiger partial charge in [-0.15, -0.1) is 24.0 Å². The van der Waals surface area contributed by atoms with E-state index in [0.29, 0.717) is 31.1 Å². The molecule has 0 aliphatic carbocycles. The molecule has 6 nitrogen and oxygen atoms in total. The molecule has 0 amide bonds. The molecule has 0 aliphatic heterocycles. The quantitative estimate of drug-likeness (QED) is 0.278. The number of rotatable bonds is 10. The van der Waals surface area contributed by atoms with E-state index in [0.717, 1.165) is 30.2 Å². The highest BCUT2D eigenvalue weighted by Crippen LogP contribution is 2.15. The minimum atomic E-state index is 0. The third-order valence-electron chi connectivity index (χ3n) is 4.73. The fourth-order valence-electron chi connectivity index (χ4n) is 3.23. The number of guanidine groups is 1. The molecule has 0 bridgehead atoms. The molecule has 1 aromatic carbocycles. The first-order valence-corrected chi connectivity index (χ1v) is 10.3. The Balaban J connectivity index is 0.00000450. The van der Waals surface area contributed by atoms with Crippen molar-refractivity contribution in [1.29, 1.82) is 0 Å². The molecule has 0 fully saturated rings. The molecule has 0 spiro atoms. The van der Waals surface area contributed by atoms with E-state index in [1.165, 1.54) is 0 Å². The number of aliphatic imine (C=N–C) groups is 1. The van der Waals surface area contributed by atoms with Crippen LogP contribution < -0.4 is 15.4 Å². The van der Waals surface area contributed by atoms with E-state index in [-0.39, 0.29) is 24.0 Å². The SMILES string of the molecule is CN=C(NCCN(C(C)C)C(C)C)NCc1cccnc1OCc1ccccc1.I. The lowest BCUT2D eigenvalue weighted by atomic mass is 10.2. The number of nitrogens with one attached hydrogen (secondary N) is 2. The van der Waals surface area contributed by atoms with Gasteiger partial charge in [-0.25, -0.2) is 4.98 Å². The van der Waals surface area contributed by atoms with Crippen molar-refractivity contribution in [3.63, 3.8) is 0 Å². The van der Waals surface area contributed by atoms with E-state index in [1.807, 2.05) is 42.5 Å². The minimum Gasteiger partial charge on any atom is -0.473 e. The first-order chi connectivity index (χ1) is 14.0. The second-order valence-electron chi connectivity index (χ2n) is 7.52. The molecule has 30 heavy (non-hydrogen) atoms. The van der Waals surface area contributed by atoms with E-state index < -0.39 is 0 Å². The fraction of sp³-hybridized carbons (Fsp3) is 0.478. The lowest BCUT2D eigenvalue weighted by Crippen LogP contribution is -2.45. The Kier molecular flexibility index (Phi) is 12.4. The zero-order chi connectivity index (χ0) is 21.1.